The zero-order chi connectivity index (χ0) is 21.0. The molecule has 152 valence electrons. The summed E-state index contributed by atoms with van der Waals surface area (Å²) < 4.78 is 20.3. The van der Waals surface area contributed by atoms with Gasteiger partial charge in [0.05, 0.1) is 40.2 Å². The fourth-order valence-electron chi connectivity index (χ4n) is 2.32. The molecule has 6 nitrogen and oxygen atoms in total. The molecule has 0 aliphatic rings. The van der Waals surface area contributed by atoms with E-state index in [4.69, 9.17) is 9.83 Å². The molecule has 0 fully saturated rings. The average Bonchev–Trinajstić information content (AvgIpc) is 3.31. The highest BCUT2D eigenvalue weighted by Gasteiger charge is 2.19. The number of nitrogens with zero attached hydrogens (tertiary/aromatic N) is 2. The zero-order valence-corrected chi connectivity index (χ0v) is 17.9. The van der Waals surface area contributed by atoms with Crippen molar-refractivity contribution in [3.05, 3.63) is 59.1 Å². The molecule has 2 N–H and O–H groups in total. The number of aromatic nitrogens is 2. The van der Waals surface area contributed by atoms with Crippen LogP contribution in [0.3, 0.4) is 0 Å². The molecule has 0 aliphatic heterocycles. The molecule has 0 spiro atoms. The standard InChI is InChI=1S/C20H21FN4O2S2/c1-20(2,3)15-9-23-17(27-15)11-28-18-10-24-19(29-18)13(22)8-16(26)25-14-7-5-4-6-12(14)21/h4-7,9-10,22H,8,11H2,1-3H3,(H,25,26). The Morgan fingerprint density at radius 2 is 2.03 bits per heavy atom. The van der Waals surface area contributed by atoms with Crippen LogP contribution in [0.15, 0.2) is 45.3 Å². The SMILES string of the molecule is CC(C)(C)c1cnc(CSc2cnc(C(=N)CC(=O)Nc3ccccc3F)s2)o1. The predicted molar refractivity (Wildman–Crippen MR) is 113 cm³/mol. The molecule has 2 aromatic heterocycles. The Hall–Kier alpha value is -2.52. The second-order valence-corrected chi connectivity index (χ2v) is 9.63. The van der Waals surface area contributed by atoms with Gasteiger partial charge in [0.2, 0.25) is 11.8 Å². The van der Waals surface area contributed by atoms with Crippen LogP contribution in [-0.2, 0) is 16.0 Å². The van der Waals surface area contributed by atoms with Gasteiger partial charge in [-0.05, 0) is 12.1 Å². The minimum absolute atomic E-state index is 0.0850. The number of halogens is 1. The summed E-state index contributed by atoms with van der Waals surface area (Å²) in [5, 5.41) is 11.0. The van der Waals surface area contributed by atoms with Crippen molar-refractivity contribution in [3.63, 3.8) is 0 Å². The minimum Gasteiger partial charge on any atom is -0.444 e. The number of para-hydroxylation sites is 1. The van der Waals surface area contributed by atoms with Gasteiger partial charge >= 0.3 is 0 Å². The molecule has 0 aliphatic carbocycles. The third-order valence-corrected chi connectivity index (χ3v) is 6.10. The molecule has 3 rings (SSSR count). The van der Waals surface area contributed by atoms with Gasteiger partial charge in [0.15, 0.2) is 0 Å². The van der Waals surface area contributed by atoms with Crippen molar-refractivity contribution >= 4 is 40.4 Å². The van der Waals surface area contributed by atoms with E-state index in [0.29, 0.717) is 16.7 Å². The van der Waals surface area contributed by atoms with E-state index in [-0.39, 0.29) is 23.2 Å². The first-order chi connectivity index (χ1) is 13.7. The van der Waals surface area contributed by atoms with Gasteiger partial charge in [0, 0.05) is 5.41 Å². The van der Waals surface area contributed by atoms with Crippen LogP contribution < -0.4 is 5.32 Å². The summed E-state index contributed by atoms with van der Waals surface area (Å²) in [6.07, 6.45) is 3.24. The van der Waals surface area contributed by atoms with E-state index in [0.717, 1.165) is 9.97 Å². The van der Waals surface area contributed by atoms with Crippen LogP contribution in [0.1, 0.15) is 43.9 Å². The zero-order valence-electron chi connectivity index (χ0n) is 16.3. The van der Waals surface area contributed by atoms with Crippen LogP contribution in [-0.4, -0.2) is 21.6 Å². The van der Waals surface area contributed by atoms with Crippen molar-refractivity contribution in [1.29, 1.82) is 5.41 Å². The number of thioether (sulfide) groups is 1. The summed E-state index contributed by atoms with van der Waals surface area (Å²) in [6.45, 7) is 6.19. The van der Waals surface area contributed by atoms with E-state index >= 15 is 0 Å². The van der Waals surface area contributed by atoms with Crippen molar-refractivity contribution in [3.8, 4) is 0 Å². The lowest BCUT2D eigenvalue weighted by molar-refractivity contribution is -0.115. The Bertz CT molecular complexity index is 1020. The predicted octanol–water partition coefficient (Wildman–Crippen LogP) is 5.26. The Morgan fingerprint density at radius 1 is 1.28 bits per heavy atom. The molecule has 2 heterocycles. The third kappa shape index (κ3) is 5.74. The number of oxazole rings is 1. The van der Waals surface area contributed by atoms with Crippen LogP contribution in [0.25, 0.3) is 0 Å². The molecule has 0 bridgehead atoms. The minimum atomic E-state index is -0.513. The fourth-order valence-corrected chi connectivity index (χ4v) is 4.09. The molecule has 3 aromatic rings. The molecule has 0 saturated carbocycles. The normalized spacial score (nSPS) is 11.4. The number of rotatable bonds is 7. The number of carbonyl (C=O) groups excluding carboxylic acids is 1. The van der Waals surface area contributed by atoms with Crippen molar-refractivity contribution in [2.24, 2.45) is 0 Å². The summed E-state index contributed by atoms with van der Waals surface area (Å²) in [6, 6.07) is 5.92. The number of carbonyl (C=O) groups is 1. The Balaban J connectivity index is 1.54. The summed E-state index contributed by atoms with van der Waals surface area (Å²) in [5.74, 6) is 1.05. The van der Waals surface area contributed by atoms with E-state index in [1.165, 1.54) is 35.2 Å². The third-order valence-electron chi connectivity index (χ3n) is 3.86. The van der Waals surface area contributed by atoms with Crippen molar-refractivity contribution in [2.45, 2.75) is 42.6 Å². The second-order valence-electron chi connectivity index (χ2n) is 7.32. The van der Waals surface area contributed by atoms with E-state index in [2.05, 4.69) is 36.1 Å². The van der Waals surface area contributed by atoms with Gasteiger partial charge in [-0.1, -0.05) is 32.9 Å². The van der Waals surface area contributed by atoms with Gasteiger partial charge in [-0.25, -0.2) is 14.4 Å². The lowest BCUT2D eigenvalue weighted by Crippen LogP contribution is -2.17. The van der Waals surface area contributed by atoms with Crippen LogP contribution in [0.2, 0.25) is 0 Å². The largest absolute Gasteiger partial charge is 0.444 e. The van der Waals surface area contributed by atoms with Gasteiger partial charge in [-0.3, -0.25) is 4.79 Å². The van der Waals surface area contributed by atoms with E-state index in [9.17, 15) is 9.18 Å². The average molecular weight is 433 g/mol. The van der Waals surface area contributed by atoms with E-state index in [1.54, 1.807) is 24.5 Å². The Kier molecular flexibility index (Phi) is 6.49. The first-order valence-corrected chi connectivity index (χ1v) is 10.7. The quantitative estimate of drug-likeness (QED) is 0.393. The molecular weight excluding hydrogens is 411 g/mol. The van der Waals surface area contributed by atoms with Crippen LogP contribution in [0, 0.1) is 11.2 Å². The number of thiazole rings is 1. The number of anilines is 1. The smallest absolute Gasteiger partial charge is 0.230 e. The molecule has 1 amide bonds. The fraction of sp³-hybridized carbons (Fsp3) is 0.300. The van der Waals surface area contributed by atoms with Gasteiger partial charge in [-0.15, -0.1) is 23.1 Å². The molecule has 0 atom stereocenters. The number of benzene rings is 1. The molecular formula is C20H21FN4O2S2. The van der Waals surface area contributed by atoms with Gasteiger partial charge in [0.1, 0.15) is 16.6 Å². The summed E-state index contributed by atoms with van der Waals surface area (Å²) in [4.78, 5) is 20.6. The maximum Gasteiger partial charge on any atom is 0.230 e. The number of hydrogen-bond acceptors (Lipinski definition) is 7. The van der Waals surface area contributed by atoms with Crippen molar-refractivity contribution in [2.75, 3.05) is 5.32 Å². The number of nitrogens with one attached hydrogen (secondary N) is 2. The molecule has 9 heteroatoms. The van der Waals surface area contributed by atoms with Crippen molar-refractivity contribution < 1.29 is 13.6 Å². The van der Waals surface area contributed by atoms with Crippen LogP contribution in [0.4, 0.5) is 10.1 Å². The second kappa shape index (κ2) is 8.87. The van der Waals surface area contributed by atoms with E-state index < -0.39 is 11.7 Å². The topological polar surface area (TPSA) is 91.9 Å². The maximum atomic E-state index is 13.6. The molecule has 29 heavy (non-hydrogen) atoms. The molecule has 0 saturated heterocycles. The monoisotopic (exact) mass is 432 g/mol. The number of amides is 1. The first kappa shape index (κ1) is 21.2. The Labute approximate surface area is 176 Å². The highest BCUT2D eigenvalue weighted by Crippen LogP contribution is 2.30. The highest BCUT2D eigenvalue weighted by atomic mass is 32.2. The summed E-state index contributed by atoms with van der Waals surface area (Å²) in [5.41, 5.74) is 0.0920. The van der Waals surface area contributed by atoms with E-state index in [1.807, 2.05) is 0 Å². The highest BCUT2D eigenvalue weighted by molar-refractivity contribution is 8.00. The van der Waals surface area contributed by atoms with Gasteiger partial charge in [0.25, 0.3) is 0 Å². The van der Waals surface area contributed by atoms with Crippen LogP contribution >= 0.6 is 23.1 Å². The summed E-state index contributed by atoms with van der Waals surface area (Å²) >= 11 is 2.84. The first-order valence-electron chi connectivity index (χ1n) is 8.88. The molecule has 0 radical (unpaired) electrons. The lowest BCUT2D eigenvalue weighted by Gasteiger charge is -2.12. The van der Waals surface area contributed by atoms with Crippen molar-refractivity contribution in [1.82, 2.24) is 9.97 Å². The molecule has 1 aromatic carbocycles. The number of hydrogen-bond donors (Lipinski definition) is 2. The maximum absolute atomic E-state index is 13.6. The lowest BCUT2D eigenvalue weighted by atomic mass is 9.94. The van der Waals surface area contributed by atoms with Gasteiger partial charge in [-0.2, -0.15) is 0 Å². The summed E-state index contributed by atoms with van der Waals surface area (Å²) in [7, 11) is 0. The van der Waals surface area contributed by atoms with Crippen LogP contribution in [0.5, 0.6) is 0 Å². The molecule has 0 unspecified atom stereocenters. The Morgan fingerprint density at radius 3 is 2.72 bits per heavy atom. The van der Waals surface area contributed by atoms with Gasteiger partial charge < -0.3 is 15.1 Å².